The first-order valence-corrected chi connectivity index (χ1v) is 18.2. The monoisotopic (exact) mass is 648 g/mol. The number of carbonyl (C=O) groups excluding carboxylic acids is 3. The predicted octanol–water partition coefficient (Wildman–Crippen LogP) is 8.51. The molecule has 0 aliphatic heterocycles. The average molecular weight is 649 g/mol. The fraction of sp³-hybridized carbons (Fsp3) is 0.548. The molecule has 48 heavy (non-hydrogen) atoms. The first kappa shape index (κ1) is 31.7. The van der Waals surface area contributed by atoms with Crippen LogP contribution >= 0.6 is 0 Å². The molecule has 4 saturated carbocycles. The molecular formula is C42H48O6. The number of hydrogen-bond acceptors (Lipinski definition) is 6. The first-order chi connectivity index (χ1) is 23.0. The maximum atomic E-state index is 14.2. The van der Waals surface area contributed by atoms with E-state index in [1.165, 1.54) is 12.5 Å². The Labute approximate surface area is 282 Å². The predicted molar refractivity (Wildman–Crippen MR) is 187 cm³/mol. The van der Waals surface area contributed by atoms with E-state index in [1.807, 2.05) is 18.2 Å². The Hall–Kier alpha value is -3.51. The highest BCUT2D eigenvalue weighted by atomic mass is 16.5. The lowest BCUT2D eigenvalue weighted by Crippen LogP contribution is -2.61. The van der Waals surface area contributed by atoms with E-state index >= 15 is 0 Å². The Morgan fingerprint density at radius 3 is 2.38 bits per heavy atom. The summed E-state index contributed by atoms with van der Waals surface area (Å²) in [5, 5.41) is 18.6. The second kappa shape index (κ2) is 11.5. The minimum Gasteiger partial charge on any atom is -0.469 e. The molecule has 0 heterocycles. The lowest BCUT2D eigenvalue weighted by Gasteiger charge is -2.61. The van der Waals surface area contributed by atoms with Crippen LogP contribution < -0.4 is 0 Å². The number of aliphatic hydroxyl groups is 1. The molecule has 8 rings (SSSR count). The van der Waals surface area contributed by atoms with Gasteiger partial charge in [-0.25, -0.2) is 4.79 Å². The van der Waals surface area contributed by atoms with Gasteiger partial charge in [0.2, 0.25) is 0 Å². The molecule has 0 spiro atoms. The van der Waals surface area contributed by atoms with Crippen LogP contribution in [0.15, 0.2) is 54.6 Å². The van der Waals surface area contributed by atoms with Crippen molar-refractivity contribution < 1.29 is 29.0 Å². The normalized spacial score (nSPS) is 35.3. The molecule has 0 unspecified atom stereocenters. The van der Waals surface area contributed by atoms with Crippen molar-refractivity contribution in [2.75, 3.05) is 7.11 Å². The van der Waals surface area contributed by atoms with Crippen molar-refractivity contribution in [1.82, 2.24) is 0 Å². The zero-order chi connectivity index (χ0) is 33.5. The number of hydrogen-bond donors (Lipinski definition) is 1. The number of fused-ring (bicyclic) bond motifs is 5. The van der Waals surface area contributed by atoms with Gasteiger partial charge in [-0.1, -0.05) is 69.3 Å². The van der Waals surface area contributed by atoms with Crippen molar-refractivity contribution >= 4 is 50.0 Å². The van der Waals surface area contributed by atoms with E-state index in [1.54, 1.807) is 0 Å². The van der Waals surface area contributed by atoms with E-state index in [4.69, 9.17) is 9.47 Å². The number of benzene rings is 4. The summed E-state index contributed by atoms with van der Waals surface area (Å²) in [5.41, 5.74) is 0.189. The molecule has 0 radical (unpaired) electrons. The summed E-state index contributed by atoms with van der Waals surface area (Å²) in [6.07, 6.45) is 5.86. The second-order valence-electron chi connectivity index (χ2n) is 16.3. The van der Waals surface area contributed by atoms with Crippen molar-refractivity contribution in [3.8, 4) is 0 Å². The maximum Gasteiger partial charge on any atom is 0.339 e. The standard InChI is InChI=1S/C42H48O6/c1-23(8-17-36(45)47-4)31-15-16-32-39-33(22-35(44)42(31,32)3)41(2)19-18-28(20-27(41)21-34(39)43)48-40(46)30-14-12-26-10-9-24-6-5-7-25-11-13-29(30)38(26)37(24)25/h5-7,9-14,23,27-28,31-33,35,39,44H,8,15-22H2,1-4H3/t23-,27+,28-,31-,32+,33+,35+,39+,41+,42-/m1/s1. The third-order valence-electron chi connectivity index (χ3n) is 14.3. The molecule has 4 aliphatic carbocycles. The van der Waals surface area contributed by atoms with E-state index in [0.717, 1.165) is 59.0 Å². The summed E-state index contributed by atoms with van der Waals surface area (Å²) < 4.78 is 11.2. The number of Topliss-reactive ketones (excluding diaryl/α,β-unsaturated/α-hetero) is 1. The highest BCUT2D eigenvalue weighted by Gasteiger charge is 2.66. The van der Waals surface area contributed by atoms with Gasteiger partial charge in [0.05, 0.1) is 18.8 Å². The fourth-order valence-corrected chi connectivity index (χ4v) is 11.7. The molecule has 0 bridgehead atoms. The molecule has 6 nitrogen and oxygen atoms in total. The van der Waals surface area contributed by atoms with Crippen LogP contribution in [0.2, 0.25) is 0 Å². The van der Waals surface area contributed by atoms with Crippen LogP contribution in [0, 0.1) is 46.3 Å². The Balaban J connectivity index is 1.00. The molecule has 1 N–H and O–H groups in total. The van der Waals surface area contributed by atoms with E-state index in [0.29, 0.717) is 37.0 Å². The smallest absolute Gasteiger partial charge is 0.339 e. The van der Waals surface area contributed by atoms with Crippen LogP contribution in [0.3, 0.4) is 0 Å². The summed E-state index contributed by atoms with van der Waals surface area (Å²) in [6.45, 7) is 6.77. The molecule has 4 aromatic rings. The van der Waals surface area contributed by atoms with Crippen LogP contribution in [0.5, 0.6) is 0 Å². The van der Waals surface area contributed by atoms with Gasteiger partial charge < -0.3 is 14.6 Å². The molecule has 0 aromatic heterocycles. The number of methoxy groups -OCH3 is 1. The maximum absolute atomic E-state index is 14.2. The van der Waals surface area contributed by atoms with Gasteiger partial charge >= 0.3 is 11.9 Å². The summed E-state index contributed by atoms with van der Waals surface area (Å²) in [7, 11) is 1.43. The minimum absolute atomic E-state index is 0.0336. The van der Waals surface area contributed by atoms with Gasteiger partial charge in [-0.15, -0.1) is 0 Å². The van der Waals surface area contributed by atoms with Crippen LogP contribution in [0.1, 0.15) is 88.9 Å². The number of carbonyl (C=O) groups is 3. The van der Waals surface area contributed by atoms with Crippen molar-refractivity contribution in [2.45, 2.75) is 90.8 Å². The van der Waals surface area contributed by atoms with Crippen LogP contribution in [-0.4, -0.2) is 42.1 Å². The Kier molecular flexibility index (Phi) is 7.63. The number of rotatable bonds is 6. The van der Waals surface area contributed by atoms with Crippen molar-refractivity contribution in [1.29, 1.82) is 0 Å². The average Bonchev–Trinajstić information content (AvgIpc) is 3.45. The summed E-state index contributed by atoms with van der Waals surface area (Å²) in [6, 6.07) is 18.6. The molecule has 4 fully saturated rings. The van der Waals surface area contributed by atoms with Gasteiger partial charge in [0.1, 0.15) is 11.9 Å². The zero-order valence-corrected chi connectivity index (χ0v) is 28.7. The summed E-state index contributed by atoms with van der Waals surface area (Å²) in [5.74, 6) is 0.797. The number of esters is 2. The number of aliphatic hydroxyl groups excluding tert-OH is 1. The Morgan fingerprint density at radius 2 is 1.62 bits per heavy atom. The quantitative estimate of drug-likeness (QED) is 0.167. The molecule has 252 valence electrons. The largest absolute Gasteiger partial charge is 0.469 e. The highest BCUT2D eigenvalue weighted by molar-refractivity contribution is 6.26. The van der Waals surface area contributed by atoms with Gasteiger partial charge in [0, 0.05) is 24.2 Å². The third kappa shape index (κ3) is 4.64. The fourth-order valence-electron chi connectivity index (χ4n) is 11.7. The van der Waals surface area contributed by atoms with Gasteiger partial charge in [0.25, 0.3) is 0 Å². The lowest BCUT2D eigenvalue weighted by atomic mass is 9.43. The van der Waals surface area contributed by atoms with Crippen molar-refractivity contribution in [3.63, 3.8) is 0 Å². The van der Waals surface area contributed by atoms with Crippen molar-refractivity contribution in [3.05, 3.63) is 60.2 Å². The molecule has 10 atom stereocenters. The molecule has 0 amide bonds. The van der Waals surface area contributed by atoms with Crippen molar-refractivity contribution in [2.24, 2.45) is 46.3 Å². The lowest BCUT2D eigenvalue weighted by molar-refractivity contribution is -0.182. The van der Waals surface area contributed by atoms with E-state index in [2.05, 4.69) is 57.2 Å². The van der Waals surface area contributed by atoms with Gasteiger partial charge in [-0.2, -0.15) is 0 Å². The Bertz CT molecular complexity index is 1900. The highest BCUT2D eigenvalue weighted by Crippen LogP contribution is 2.67. The second-order valence-corrected chi connectivity index (χ2v) is 16.3. The summed E-state index contributed by atoms with van der Waals surface area (Å²) >= 11 is 0. The molecule has 0 saturated heterocycles. The SMILES string of the molecule is COC(=O)CC[C@@H](C)[C@H]1CC[C@H]2[C@@H]3C(=O)C[C@@H]4C[C@H](OC(=O)c5ccc6ccc7cccc8ccc5c6c78)CC[C@]4(C)[C@H]3C[C@H](O)[C@]12C. The summed E-state index contributed by atoms with van der Waals surface area (Å²) in [4.78, 5) is 39.9. The van der Waals surface area contributed by atoms with Gasteiger partial charge in [0.15, 0.2) is 0 Å². The number of ether oxygens (including phenoxy) is 2. The molecule has 4 aliphatic rings. The number of ketones is 1. The van der Waals surface area contributed by atoms with Crippen LogP contribution in [-0.2, 0) is 19.1 Å². The van der Waals surface area contributed by atoms with Crippen LogP contribution in [0.25, 0.3) is 32.3 Å². The topological polar surface area (TPSA) is 89.9 Å². The molecule has 4 aromatic carbocycles. The van der Waals surface area contributed by atoms with Gasteiger partial charge in [-0.3, -0.25) is 9.59 Å². The van der Waals surface area contributed by atoms with Crippen LogP contribution in [0.4, 0.5) is 0 Å². The van der Waals surface area contributed by atoms with E-state index < -0.39 is 6.10 Å². The molecule has 6 heteroatoms. The first-order valence-electron chi connectivity index (χ1n) is 18.2. The van der Waals surface area contributed by atoms with E-state index in [9.17, 15) is 19.5 Å². The Morgan fingerprint density at radius 1 is 0.917 bits per heavy atom. The van der Waals surface area contributed by atoms with E-state index in [-0.39, 0.29) is 64.4 Å². The van der Waals surface area contributed by atoms with Gasteiger partial charge in [-0.05, 0) is 118 Å². The molecular weight excluding hydrogens is 600 g/mol. The minimum atomic E-state index is -0.481. The third-order valence-corrected chi connectivity index (χ3v) is 14.3. The zero-order valence-electron chi connectivity index (χ0n) is 28.7.